The van der Waals surface area contributed by atoms with Crippen molar-refractivity contribution in [3.05, 3.63) is 71.3 Å². The minimum Gasteiger partial charge on any atom is -0.376 e. The van der Waals surface area contributed by atoms with E-state index in [0.29, 0.717) is 11.7 Å². The third kappa shape index (κ3) is 3.50. The molecule has 1 aliphatic rings. The largest absolute Gasteiger partial charge is 0.376 e. The maximum Gasteiger partial charge on any atom is 0.341 e. The molecule has 134 valence electrons. The highest BCUT2D eigenvalue weighted by Gasteiger charge is 2.41. The Morgan fingerprint density at radius 2 is 1.46 bits per heavy atom. The Morgan fingerprint density at radius 1 is 0.923 bits per heavy atom. The average Bonchev–Trinajstić information content (AvgIpc) is 2.88. The molecule has 0 saturated heterocycles. The molecule has 2 aromatic rings. The highest BCUT2D eigenvalue weighted by atomic mass is 16.7. The Bertz CT molecular complexity index is 809. The van der Waals surface area contributed by atoms with Crippen LogP contribution in [0.5, 0.6) is 0 Å². The van der Waals surface area contributed by atoms with Crippen LogP contribution in [0.15, 0.2) is 54.6 Å². The van der Waals surface area contributed by atoms with Gasteiger partial charge in [0.25, 0.3) is 11.8 Å². The van der Waals surface area contributed by atoms with Crippen LogP contribution in [0, 0.1) is 5.41 Å². The first kappa shape index (κ1) is 17.8. The van der Waals surface area contributed by atoms with Crippen LogP contribution in [0.3, 0.4) is 0 Å². The van der Waals surface area contributed by atoms with Crippen molar-refractivity contribution in [3.63, 3.8) is 0 Å². The smallest absolute Gasteiger partial charge is 0.341 e. The van der Waals surface area contributed by atoms with Gasteiger partial charge in [0.1, 0.15) is 0 Å². The van der Waals surface area contributed by atoms with Crippen LogP contribution in [0.2, 0.25) is 0 Å². The van der Waals surface area contributed by atoms with Gasteiger partial charge in [-0.3, -0.25) is 9.59 Å². The molecular weight excluding hydrogens is 334 g/mol. The summed E-state index contributed by atoms with van der Waals surface area (Å²) in [5.74, 6) is -1.99. The molecule has 3 rings (SSSR count). The summed E-state index contributed by atoms with van der Waals surface area (Å²) in [5, 5.41) is 0.520. The van der Waals surface area contributed by atoms with Crippen molar-refractivity contribution < 1.29 is 24.0 Å². The fourth-order valence-corrected chi connectivity index (χ4v) is 2.51. The molecule has 1 aliphatic heterocycles. The number of nitrogens with zero attached hydrogens (tertiary/aromatic N) is 1. The van der Waals surface area contributed by atoms with Gasteiger partial charge in [-0.25, -0.2) is 4.79 Å². The average molecular weight is 353 g/mol. The van der Waals surface area contributed by atoms with Gasteiger partial charge in [0, 0.05) is 0 Å². The summed E-state index contributed by atoms with van der Waals surface area (Å²) in [6.45, 7) is 3.71. The van der Waals surface area contributed by atoms with Crippen LogP contribution in [0.25, 0.3) is 0 Å². The number of hydrogen-bond acceptors (Lipinski definition) is 5. The number of imide groups is 1. The van der Waals surface area contributed by atoms with E-state index >= 15 is 0 Å². The molecular formula is C20H19NO5. The minimum absolute atomic E-state index is 0.0872. The van der Waals surface area contributed by atoms with Crippen molar-refractivity contribution in [1.82, 2.24) is 5.06 Å². The third-order valence-electron chi connectivity index (χ3n) is 4.06. The second kappa shape index (κ2) is 7.09. The van der Waals surface area contributed by atoms with Gasteiger partial charge >= 0.3 is 5.97 Å². The van der Waals surface area contributed by atoms with E-state index in [1.165, 1.54) is 12.1 Å². The first-order valence-electron chi connectivity index (χ1n) is 8.22. The lowest BCUT2D eigenvalue weighted by molar-refractivity contribution is -0.182. The predicted octanol–water partition coefficient (Wildman–Crippen LogP) is 2.98. The topological polar surface area (TPSA) is 72.9 Å². The number of carbonyl (C=O) groups is 3. The van der Waals surface area contributed by atoms with Gasteiger partial charge in [0.2, 0.25) is 0 Å². The second-order valence-electron chi connectivity index (χ2n) is 6.69. The second-order valence-corrected chi connectivity index (χ2v) is 6.69. The molecule has 6 nitrogen and oxygen atoms in total. The lowest BCUT2D eigenvalue weighted by Gasteiger charge is -2.24. The Labute approximate surface area is 151 Å². The molecule has 2 aromatic carbocycles. The molecule has 0 aliphatic carbocycles. The fourth-order valence-electron chi connectivity index (χ4n) is 2.51. The molecule has 0 N–H and O–H groups in total. The van der Waals surface area contributed by atoms with Gasteiger partial charge in [-0.05, 0) is 31.5 Å². The Balaban J connectivity index is 1.60. The molecule has 0 aromatic heterocycles. The lowest BCUT2D eigenvalue weighted by Crippen LogP contribution is -2.40. The number of ether oxygens (including phenoxy) is 1. The van der Waals surface area contributed by atoms with E-state index in [9.17, 15) is 14.4 Å². The van der Waals surface area contributed by atoms with Gasteiger partial charge in [-0.1, -0.05) is 47.5 Å². The number of carbonyl (C=O) groups excluding carboxylic acids is 3. The quantitative estimate of drug-likeness (QED) is 0.747. The van der Waals surface area contributed by atoms with Gasteiger partial charge in [-0.2, -0.15) is 0 Å². The van der Waals surface area contributed by atoms with Crippen LogP contribution in [-0.4, -0.2) is 29.5 Å². The van der Waals surface area contributed by atoms with Crippen molar-refractivity contribution >= 4 is 17.8 Å². The fraction of sp³-hybridized carbons (Fsp3) is 0.250. The van der Waals surface area contributed by atoms with E-state index in [2.05, 4.69) is 0 Å². The molecule has 0 bridgehead atoms. The molecule has 0 saturated carbocycles. The summed E-state index contributed by atoms with van der Waals surface area (Å²) in [7, 11) is 0. The van der Waals surface area contributed by atoms with E-state index in [0.717, 1.165) is 5.56 Å². The van der Waals surface area contributed by atoms with E-state index in [1.807, 2.05) is 30.3 Å². The number of amides is 2. The molecule has 6 heteroatoms. The monoisotopic (exact) mass is 353 g/mol. The van der Waals surface area contributed by atoms with Crippen molar-refractivity contribution in [2.45, 2.75) is 20.5 Å². The molecule has 0 radical (unpaired) electrons. The number of benzene rings is 2. The Hall–Kier alpha value is -2.99. The highest BCUT2D eigenvalue weighted by Crippen LogP contribution is 2.26. The number of hydroxylamine groups is 2. The third-order valence-corrected chi connectivity index (χ3v) is 4.06. The normalized spacial score (nSPS) is 13.7. The molecule has 1 heterocycles. The van der Waals surface area contributed by atoms with E-state index < -0.39 is 23.2 Å². The standard InChI is InChI=1S/C20H19NO5/c1-20(2,13-25-12-14-8-4-3-5-9-14)19(24)26-21-17(22)15-10-6-7-11-16(15)18(21)23/h3-11H,12-13H2,1-2H3. The number of hydrogen-bond donors (Lipinski definition) is 0. The first-order valence-corrected chi connectivity index (χ1v) is 8.22. The lowest BCUT2D eigenvalue weighted by atomic mass is 9.95. The summed E-state index contributed by atoms with van der Waals surface area (Å²) >= 11 is 0. The van der Waals surface area contributed by atoms with Crippen molar-refractivity contribution in [3.8, 4) is 0 Å². The summed E-state index contributed by atoms with van der Waals surface area (Å²) in [5.41, 5.74) is 0.410. The van der Waals surface area contributed by atoms with Crippen molar-refractivity contribution in [1.29, 1.82) is 0 Å². The van der Waals surface area contributed by atoms with Crippen LogP contribution < -0.4 is 0 Å². The summed E-state index contributed by atoms with van der Waals surface area (Å²) in [6, 6.07) is 15.9. The van der Waals surface area contributed by atoms with Gasteiger partial charge in [0.15, 0.2) is 0 Å². The zero-order valence-corrected chi connectivity index (χ0v) is 14.6. The zero-order valence-electron chi connectivity index (χ0n) is 14.6. The van der Waals surface area contributed by atoms with Gasteiger partial charge in [0.05, 0.1) is 29.8 Å². The summed E-state index contributed by atoms with van der Waals surface area (Å²) in [6.07, 6.45) is 0. The van der Waals surface area contributed by atoms with Crippen LogP contribution in [-0.2, 0) is 21.0 Å². The highest BCUT2D eigenvalue weighted by molar-refractivity contribution is 6.20. The molecule has 0 unspecified atom stereocenters. The maximum atomic E-state index is 12.5. The van der Waals surface area contributed by atoms with E-state index in [1.54, 1.807) is 26.0 Å². The molecule has 0 atom stereocenters. The Morgan fingerprint density at radius 3 is 2.04 bits per heavy atom. The summed E-state index contributed by atoms with van der Waals surface area (Å²) in [4.78, 5) is 42.1. The SMILES string of the molecule is CC(C)(COCc1ccccc1)C(=O)ON1C(=O)c2ccccc2C1=O. The number of rotatable bonds is 6. The zero-order chi connectivity index (χ0) is 18.7. The first-order chi connectivity index (χ1) is 12.4. The minimum atomic E-state index is -1.02. The van der Waals surface area contributed by atoms with Crippen LogP contribution >= 0.6 is 0 Å². The molecule has 0 fully saturated rings. The molecule has 2 amide bonds. The molecule has 26 heavy (non-hydrogen) atoms. The maximum absolute atomic E-state index is 12.5. The number of fused-ring (bicyclic) bond motifs is 1. The summed E-state index contributed by atoms with van der Waals surface area (Å²) < 4.78 is 5.60. The predicted molar refractivity (Wildman–Crippen MR) is 92.9 cm³/mol. The van der Waals surface area contributed by atoms with Gasteiger partial charge < -0.3 is 9.57 Å². The van der Waals surface area contributed by atoms with E-state index in [4.69, 9.17) is 9.57 Å². The van der Waals surface area contributed by atoms with Crippen molar-refractivity contribution in [2.75, 3.05) is 6.61 Å². The van der Waals surface area contributed by atoms with Crippen molar-refractivity contribution in [2.24, 2.45) is 5.41 Å². The van der Waals surface area contributed by atoms with Crippen LogP contribution in [0.1, 0.15) is 40.1 Å². The van der Waals surface area contributed by atoms with Gasteiger partial charge in [-0.15, -0.1) is 0 Å². The van der Waals surface area contributed by atoms with Crippen LogP contribution in [0.4, 0.5) is 0 Å². The van der Waals surface area contributed by atoms with E-state index in [-0.39, 0.29) is 17.7 Å². The molecule has 0 spiro atoms. The Kier molecular flexibility index (Phi) is 4.86.